The molecule has 0 bridgehead atoms. The molecule has 2 aromatic rings. The Kier molecular flexibility index (Phi) is 6.75. The summed E-state index contributed by atoms with van der Waals surface area (Å²) in [7, 11) is 0. The van der Waals surface area contributed by atoms with E-state index in [-0.39, 0.29) is 29.0 Å². The van der Waals surface area contributed by atoms with Crippen LogP contribution in [0.3, 0.4) is 0 Å². The van der Waals surface area contributed by atoms with Gasteiger partial charge in [0.1, 0.15) is 12.4 Å². The van der Waals surface area contributed by atoms with Crippen LogP contribution in [0.4, 0.5) is 0 Å². The minimum Gasteiger partial charge on any atom is -0.487 e. The van der Waals surface area contributed by atoms with Crippen molar-refractivity contribution in [3.8, 4) is 5.75 Å². The molecule has 0 fully saturated rings. The van der Waals surface area contributed by atoms with Crippen LogP contribution in [0.1, 0.15) is 70.4 Å². The Bertz CT molecular complexity index is 1330. The van der Waals surface area contributed by atoms with Crippen LogP contribution in [0.5, 0.6) is 5.75 Å². The van der Waals surface area contributed by atoms with Crippen LogP contribution >= 0.6 is 34.8 Å². The zero-order chi connectivity index (χ0) is 26.7. The SMILES string of the molecule is CC1(C)CC(=O)C2=C(C1)NC1=C(C(=O)CC(C)(C)C1)C2c1ccc(OCc2ccc(Cl)cc2Cl)c(Cl)c1. The molecule has 0 amide bonds. The van der Waals surface area contributed by atoms with E-state index in [2.05, 4.69) is 33.0 Å². The van der Waals surface area contributed by atoms with Gasteiger partial charge in [-0.25, -0.2) is 0 Å². The summed E-state index contributed by atoms with van der Waals surface area (Å²) in [5.74, 6) is 0.236. The summed E-state index contributed by atoms with van der Waals surface area (Å²) in [5.41, 5.74) is 4.60. The molecule has 1 aliphatic heterocycles. The molecule has 0 saturated heterocycles. The highest BCUT2D eigenvalue weighted by Crippen LogP contribution is 2.51. The van der Waals surface area contributed by atoms with Gasteiger partial charge in [0.05, 0.1) is 5.02 Å². The van der Waals surface area contributed by atoms with Gasteiger partial charge in [-0.05, 0) is 53.5 Å². The van der Waals surface area contributed by atoms with Crippen LogP contribution in [0, 0.1) is 10.8 Å². The van der Waals surface area contributed by atoms with Crippen molar-refractivity contribution in [3.05, 3.63) is 85.1 Å². The minimum atomic E-state index is -0.435. The molecule has 0 saturated carbocycles. The number of carbonyl (C=O) groups is 2. The fraction of sp³-hybridized carbons (Fsp3) is 0.400. The van der Waals surface area contributed by atoms with Crippen molar-refractivity contribution < 1.29 is 14.3 Å². The van der Waals surface area contributed by atoms with Crippen LogP contribution in [-0.4, -0.2) is 11.6 Å². The van der Waals surface area contributed by atoms with Crippen LogP contribution in [0.2, 0.25) is 15.1 Å². The highest BCUT2D eigenvalue weighted by molar-refractivity contribution is 6.35. The molecule has 7 heteroatoms. The lowest BCUT2D eigenvalue weighted by atomic mass is 9.64. The molecular weight excluding hydrogens is 529 g/mol. The Hall–Kier alpha value is -2.27. The van der Waals surface area contributed by atoms with Crippen molar-refractivity contribution in [2.24, 2.45) is 10.8 Å². The van der Waals surface area contributed by atoms with Crippen LogP contribution < -0.4 is 10.1 Å². The zero-order valence-electron chi connectivity index (χ0n) is 21.4. The normalized spacial score (nSPS) is 20.9. The second-order valence-electron chi connectivity index (χ2n) is 11.9. The third-order valence-corrected chi connectivity index (χ3v) is 8.29. The first kappa shape index (κ1) is 26.3. The number of allylic oxidation sites excluding steroid dienone is 4. The van der Waals surface area contributed by atoms with Gasteiger partial charge in [-0.3, -0.25) is 9.59 Å². The molecule has 0 radical (unpaired) electrons. The first-order valence-corrected chi connectivity index (χ1v) is 13.6. The molecule has 194 valence electrons. The first-order chi connectivity index (χ1) is 17.3. The van der Waals surface area contributed by atoms with Gasteiger partial charge in [0.2, 0.25) is 0 Å². The first-order valence-electron chi connectivity index (χ1n) is 12.5. The summed E-state index contributed by atoms with van der Waals surface area (Å²) >= 11 is 19.0. The predicted octanol–water partition coefficient (Wildman–Crippen LogP) is 8.20. The molecule has 0 aromatic heterocycles. The molecule has 0 unspecified atom stereocenters. The van der Waals surface area contributed by atoms with Crippen molar-refractivity contribution in [2.75, 3.05) is 0 Å². The Morgan fingerprint density at radius 3 is 1.95 bits per heavy atom. The van der Waals surface area contributed by atoms with Crippen LogP contribution in [0.15, 0.2) is 58.9 Å². The van der Waals surface area contributed by atoms with Crippen molar-refractivity contribution in [3.63, 3.8) is 0 Å². The summed E-state index contributed by atoms with van der Waals surface area (Å²) < 4.78 is 5.97. The standard InChI is InChI=1S/C30H30Cl3NO3/c1-29(2)11-21-27(23(35)13-29)26(28-22(34-21)12-30(3,4)14-24(28)36)16-6-8-25(20(33)9-16)37-15-17-5-7-18(31)10-19(17)32/h5-10,26,34H,11-15H2,1-4H3. The van der Waals surface area contributed by atoms with Gasteiger partial charge in [-0.2, -0.15) is 0 Å². The highest BCUT2D eigenvalue weighted by atomic mass is 35.5. The van der Waals surface area contributed by atoms with Crippen LogP contribution in [0.25, 0.3) is 0 Å². The Balaban J connectivity index is 1.52. The quantitative estimate of drug-likeness (QED) is 0.411. The average molecular weight is 559 g/mol. The van der Waals surface area contributed by atoms with Gasteiger partial charge < -0.3 is 10.1 Å². The van der Waals surface area contributed by atoms with E-state index in [9.17, 15) is 9.59 Å². The summed E-state index contributed by atoms with van der Waals surface area (Å²) in [4.78, 5) is 27.0. The molecule has 1 heterocycles. The van der Waals surface area contributed by atoms with E-state index >= 15 is 0 Å². The number of Topliss-reactive ketones (excluding diaryl/α,β-unsaturated/α-hetero) is 2. The molecule has 5 rings (SSSR count). The Labute approximate surface area is 233 Å². The third-order valence-electron chi connectivity index (χ3n) is 7.41. The lowest BCUT2D eigenvalue weighted by Crippen LogP contribution is -2.42. The summed E-state index contributed by atoms with van der Waals surface area (Å²) in [6.07, 6.45) is 2.41. The molecule has 37 heavy (non-hydrogen) atoms. The number of carbonyl (C=O) groups excluding carboxylic acids is 2. The van der Waals surface area contributed by atoms with E-state index in [1.807, 2.05) is 18.2 Å². The largest absolute Gasteiger partial charge is 0.487 e. The zero-order valence-corrected chi connectivity index (χ0v) is 23.7. The van der Waals surface area contributed by atoms with E-state index < -0.39 is 5.92 Å². The second-order valence-corrected chi connectivity index (χ2v) is 13.2. The van der Waals surface area contributed by atoms with Gasteiger partial charge in [-0.15, -0.1) is 0 Å². The number of rotatable bonds is 4. The van der Waals surface area contributed by atoms with Gasteiger partial charge in [0.15, 0.2) is 11.6 Å². The number of ether oxygens (including phenoxy) is 1. The van der Waals surface area contributed by atoms with E-state index in [1.165, 1.54) is 0 Å². The molecule has 4 nitrogen and oxygen atoms in total. The van der Waals surface area contributed by atoms with Gasteiger partial charge >= 0.3 is 0 Å². The maximum absolute atomic E-state index is 13.5. The monoisotopic (exact) mass is 557 g/mol. The molecule has 2 aromatic carbocycles. The average Bonchev–Trinajstić information content (AvgIpc) is 2.76. The fourth-order valence-corrected chi connectivity index (χ4v) is 6.54. The molecular formula is C30H30Cl3NO3. The number of halogens is 3. The van der Waals surface area contributed by atoms with Gasteiger partial charge in [-0.1, -0.05) is 74.6 Å². The van der Waals surface area contributed by atoms with Crippen molar-refractivity contribution in [1.82, 2.24) is 5.32 Å². The Morgan fingerprint density at radius 1 is 0.811 bits per heavy atom. The second kappa shape index (κ2) is 9.48. The summed E-state index contributed by atoms with van der Waals surface area (Å²) in [6, 6.07) is 10.8. The predicted molar refractivity (Wildman–Crippen MR) is 148 cm³/mol. The van der Waals surface area contributed by atoms with E-state index in [0.717, 1.165) is 35.4 Å². The van der Waals surface area contributed by atoms with Crippen LogP contribution in [-0.2, 0) is 16.2 Å². The highest BCUT2D eigenvalue weighted by Gasteiger charge is 2.46. The van der Waals surface area contributed by atoms with Gasteiger partial charge in [0.25, 0.3) is 0 Å². The maximum atomic E-state index is 13.5. The Morgan fingerprint density at radius 2 is 1.41 bits per heavy atom. The third kappa shape index (κ3) is 5.21. The van der Waals surface area contributed by atoms with Gasteiger partial charge in [0, 0.05) is 56.9 Å². The van der Waals surface area contributed by atoms with Crippen molar-refractivity contribution in [1.29, 1.82) is 0 Å². The smallest absolute Gasteiger partial charge is 0.162 e. The molecule has 0 spiro atoms. The number of ketones is 2. The lowest BCUT2D eigenvalue weighted by Gasteiger charge is -2.44. The fourth-order valence-electron chi connectivity index (χ4n) is 5.83. The summed E-state index contributed by atoms with van der Waals surface area (Å²) in [5, 5.41) is 5.03. The minimum absolute atomic E-state index is 0.0850. The molecule has 3 aliphatic rings. The van der Waals surface area contributed by atoms with Crippen molar-refractivity contribution in [2.45, 2.75) is 65.9 Å². The number of benzene rings is 2. The molecule has 2 aliphatic carbocycles. The number of nitrogens with one attached hydrogen (secondary N) is 1. The topological polar surface area (TPSA) is 55.4 Å². The van der Waals surface area contributed by atoms with Crippen molar-refractivity contribution >= 4 is 46.4 Å². The molecule has 0 atom stereocenters. The maximum Gasteiger partial charge on any atom is 0.162 e. The van der Waals surface area contributed by atoms with E-state index in [1.54, 1.807) is 18.2 Å². The number of hydrogen-bond donors (Lipinski definition) is 1. The number of dihydropyridines is 1. The van der Waals surface area contributed by atoms with E-state index in [4.69, 9.17) is 39.5 Å². The lowest BCUT2D eigenvalue weighted by molar-refractivity contribution is -0.119. The number of hydrogen-bond acceptors (Lipinski definition) is 4. The van der Waals surface area contributed by atoms with E-state index in [0.29, 0.717) is 44.8 Å². The summed E-state index contributed by atoms with van der Waals surface area (Å²) in [6.45, 7) is 8.68. The molecule has 1 N–H and O–H groups in total.